The summed E-state index contributed by atoms with van der Waals surface area (Å²) in [5.41, 5.74) is 0. The first-order valence-corrected chi connectivity index (χ1v) is 7.35. The van der Waals surface area contributed by atoms with Gasteiger partial charge in [-0.15, -0.1) is 12.4 Å². The Bertz CT molecular complexity index is 315. The molecule has 0 aromatic heterocycles. The average Bonchev–Trinajstić information content (AvgIpc) is 2.69. The van der Waals surface area contributed by atoms with E-state index in [-0.39, 0.29) is 18.4 Å². The third kappa shape index (κ3) is 3.41. The number of halogens is 1. The Hall–Kier alpha value is -0.320. The number of carbonyl (C=O) groups is 1. The third-order valence-electron chi connectivity index (χ3n) is 4.72. The molecule has 3 heterocycles. The molecule has 1 amide bonds. The number of carbonyl (C=O) groups excluding carboxylic acids is 1. The van der Waals surface area contributed by atoms with Gasteiger partial charge in [-0.05, 0) is 38.5 Å². The van der Waals surface area contributed by atoms with Crippen LogP contribution < -0.4 is 5.32 Å². The fourth-order valence-electron chi connectivity index (χ4n) is 3.80. The molecule has 2 bridgehead atoms. The number of rotatable bonds is 2. The largest absolute Gasteiger partial charge is 0.377 e. The van der Waals surface area contributed by atoms with Gasteiger partial charge in [0.2, 0.25) is 5.91 Å². The number of hydrogen-bond acceptors (Lipinski definition) is 3. The smallest absolute Gasteiger partial charge is 0.223 e. The van der Waals surface area contributed by atoms with Gasteiger partial charge in [-0.2, -0.15) is 0 Å². The molecule has 0 spiro atoms. The number of ether oxygens (including phenoxy) is 1. The molecule has 3 rings (SSSR count). The summed E-state index contributed by atoms with van der Waals surface area (Å²) in [4.78, 5) is 14.4. The van der Waals surface area contributed by atoms with E-state index in [4.69, 9.17) is 4.74 Å². The molecule has 5 heteroatoms. The summed E-state index contributed by atoms with van der Waals surface area (Å²) >= 11 is 0. The summed E-state index contributed by atoms with van der Waals surface area (Å²) < 4.78 is 5.39. The molecule has 19 heavy (non-hydrogen) atoms. The second kappa shape index (κ2) is 6.42. The molecule has 0 aromatic carbocycles. The molecule has 1 N–H and O–H groups in total. The van der Waals surface area contributed by atoms with E-state index >= 15 is 0 Å². The van der Waals surface area contributed by atoms with Gasteiger partial charge >= 0.3 is 0 Å². The highest BCUT2D eigenvalue weighted by Crippen LogP contribution is 2.33. The maximum atomic E-state index is 12.4. The Morgan fingerprint density at radius 3 is 2.63 bits per heavy atom. The highest BCUT2D eigenvalue weighted by molar-refractivity contribution is 5.85. The van der Waals surface area contributed by atoms with Gasteiger partial charge in [-0.3, -0.25) is 4.79 Å². The van der Waals surface area contributed by atoms with Crippen LogP contribution in [0.15, 0.2) is 0 Å². The first-order valence-electron chi connectivity index (χ1n) is 7.35. The van der Waals surface area contributed by atoms with Crippen LogP contribution in [-0.4, -0.2) is 48.7 Å². The van der Waals surface area contributed by atoms with E-state index in [0.717, 1.165) is 13.0 Å². The van der Waals surface area contributed by atoms with Crippen molar-refractivity contribution in [3.63, 3.8) is 0 Å². The molecule has 3 aliphatic heterocycles. The maximum Gasteiger partial charge on any atom is 0.223 e. The van der Waals surface area contributed by atoms with Gasteiger partial charge in [0.15, 0.2) is 0 Å². The molecule has 0 aliphatic carbocycles. The Balaban J connectivity index is 0.00000133. The van der Waals surface area contributed by atoms with Crippen molar-refractivity contribution in [1.82, 2.24) is 10.2 Å². The molecule has 0 saturated carbocycles. The number of fused-ring (bicyclic) bond motifs is 2. The van der Waals surface area contributed by atoms with Crippen LogP contribution in [0.4, 0.5) is 0 Å². The standard InChI is InChI=1S/C14H24N2O2.ClH/c1-10-9-18-5-4-16(10)14(17)8-11-6-12-2-3-13(7-11)15-12;/h10-13,15H,2-9H2,1H3;1H. The van der Waals surface area contributed by atoms with Gasteiger partial charge in [-0.25, -0.2) is 0 Å². The molecule has 4 nitrogen and oxygen atoms in total. The Kier molecular flexibility index (Phi) is 5.09. The van der Waals surface area contributed by atoms with Crippen molar-refractivity contribution in [3.8, 4) is 0 Å². The van der Waals surface area contributed by atoms with Crippen LogP contribution in [0.2, 0.25) is 0 Å². The van der Waals surface area contributed by atoms with Crippen molar-refractivity contribution in [1.29, 1.82) is 0 Å². The van der Waals surface area contributed by atoms with Crippen LogP contribution in [-0.2, 0) is 9.53 Å². The molecule has 0 aromatic rings. The van der Waals surface area contributed by atoms with Gasteiger partial charge in [0, 0.05) is 25.0 Å². The van der Waals surface area contributed by atoms with Crippen LogP contribution in [0.5, 0.6) is 0 Å². The van der Waals surface area contributed by atoms with E-state index in [9.17, 15) is 4.79 Å². The zero-order chi connectivity index (χ0) is 12.5. The number of morpholine rings is 1. The summed E-state index contributed by atoms with van der Waals surface area (Å²) in [5.74, 6) is 0.948. The lowest BCUT2D eigenvalue weighted by Gasteiger charge is -2.35. The van der Waals surface area contributed by atoms with E-state index < -0.39 is 0 Å². The minimum atomic E-state index is 0. The van der Waals surface area contributed by atoms with E-state index in [1.807, 2.05) is 4.90 Å². The molecule has 0 radical (unpaired) electrons. The zero-order valence-electron chi connectivity index (χ0n) is 11.6. The Labute approximate surface area is 121 Å². The molecular formula is C14H25ClN2O2. The van der Waals surface area contributed by atoms with Gasteiger partial charge in [0.05, 0.1) is 19.3 Å². The lowest BCUT2D eigenvalue weighted by Crippen LogP contribution is -2.48. The predicted molar refractivity (Wildman–Crippen MR) is 76.5 cm³/mol. The van der Waals surface area contributed by atoms with Crippen molar-refractivity contribution in [3.05, 3.63) is 0 Å². The second-order valence-electron chi connectivity index (χ2n) is 6.19. The average molecular weight is 289 g/mol. The number of nitrogens with one attached hydrogen (secondary N) is 1. The van der Waals surface area contributed by atoms with Crippen molar-refractivity contribution in [2.75, 3.05) is 19.8 Å². The topological polar surface area (TPSA) is 41.6 Å². The minimum Gasteiger partial charge on any atom is -0.377 e. The fourth-order valence-corrected chi connectivity index (χ4v) is 3.80. The first-order chi connectivity index (χ1) is 8.72. The van der Waals surface area contributed by atoms with E-state index in [2.05, 4.69) is 12.2 Å². The van der Waals surface area contributed by atoms with Gasteiger partial charge in [-0.1, -0.05) is 0 Å². The number of nitrogens with zero attached hydrogens (tertiary/aromatic N) is 1. The second-order valence-corrected chi connectivity index (χ2v) is 6.19. The predicted octanol–water partition coefficient (Wildman–Crippen LogP) is 1.58. The van der Waals surface area contributed by atoms with Crippen molar-refractivity contribution < 1.29 is 9.53 Å². The summed E-state index contributed by atoms with van der Waals surface area (Å²) in [7, 11) is 0. The molecule has 3 saturated heterocycles. The molecule has 3 fully saturated rings. The monoisotopic (exact) mass is 288 g/mol. The summed E-state index contributed by atoms with van der Waals surface area (Å²) in [6, 6.07) is 1.62. The van der Waals surface area contributed by atoms with Crippen LogP contribution >= 0.6 is 12.4 Å². The maximum absolute atomic E-state index is 12.4. The van der Waals surface area contributed by atoms with Crippen molar-refractivity contribution >= 4 is 18.3 Å². The summed E-state index contributed by atoms with van der Waals surface area (Å²) in [5, 5.41) is 3.64. The molecule has 3 atom stereocenters. The fraction of sp³-hybridized carbons (Fsp3) is 0.929. The van der Waals surface area contributed by atoms with Crippen LogP contribution in [0.25, 0.3) is 0 Å². The lowest BCUT2D eigenvalue weighted by molar-refractivity contribution is -0.140. The third-order valence-corrected chi connectivity index (χ3v) is 4.72. The number of amides is 1. The number of piperidine rings is 1. The highest BCUT2D eigenvalue weighted by Gasteiger charge is 2.35. The first kappa shape index (κ1) is 15.1. The normalized spacial score (nSPS) is 37.8. The van der Waals surface area contributed by atoms with Crippen LogP contribution in [0.3, 0.4) is 0 Å². The van der Waals surface area contributed by atoms with Crippen molar-refractivity contribution in [2.24, 2.45) is 5.92 Å². The van der Waals surface area contributed by atoms with Gasteiger partial charge < -0.3 is 15.0 Å². The van der Waals surface area contributed by atoms with Gasteiger partial charge in [0.1, 0.15) is 0 Å². The number of hydrogen-bond donors (Lipinski definition) is 1. The highest BCUT2D eigenvalue weighted by atomic mass is 35.5. The lowest BCUT2D eigenvalue weighted by atomic mass is 9.89. The molecule has 3 unspecified atom stereocenters. The molecule has 110 valence electrons. The van der Waals surface area contributed by atoms with E-state index in [1.54, 1.807) is 0 Å². The summed E-state index contributed by atoms with van der Waals surface area (Å²) in [6.45, 7) is 4.26. The van der Waals surface area contributed by atoms with E-state index in [1.165, 1.54) is 25.7 Å². The molecule has 3 aliphatic rings. The quantitative estimate of drug-likeness (QED) is 0.839. The SMILES string of the molecule is CC1COCCN1C(=O)CC1CC2CCC(C1)N2.Cl. The van der Waals surface area contributed by atoms with E-state index in [0.29, 0.717) is 37.1 Å². The van der Waals surface area contributed by atoms with Gasteiger partial charge in [0.25, 0.3) is 0 Å². The Morgan fingerprint density at radius 2 is 2.00 bits per heavy atom. The van der Waals surface area contributed by atoms with Crippen LogP contribution in [0, 0.1) is 5.92 Å². The minimum absolute atomic E-state index is 0. The van der Waals surface area contributed by atoms with Crippen LogP contribution in [0.1, 0.15) is 39.0 Å². The Morgan fingerprint density at radius 1 is 1.32 bits per heavy atom. The zero-order valence-corrected chi connectivity index (χ0v) is 12.5. The summed E-state index contributed by atoms with van der Waals surface area (Å²) in [6.07, 6.45) is 5.76. The molecular weight excluding hydrogens is 264 g/mol. The van der Waals surface area contributed by atoms with Crippen molar-refractivity contribution in [2.45, 2.75) is 57.2 Å².